The Hall–Kier alpha value is -0.680. The standard InChI is InChI=1S/C15H24BrN3O/c1-3-11-5-7-15(20,8-6-11)10-17-14-9-12(16)18-13(4-2)19-14/h9,11,20H,3-8,10H2,1-2H3,(H,17,18,19). The van der Waals surface area contributed by atoms with E-state index >= 15 is 0 Å². The zero-order valence-corrected chi connectivity index (χ0v) is 13.9. The molecule has 112 valence electrons. The molecule has 5 heteroatoms. The Bertz CT molecular complexity index is 445. The maximum Gasteiger partial charge on any atom is 0.131 e. The summed E-state index contributed by atoms with van der Waals surface area (Å²) in [5.74, 6) is 2.38. The second-order valence-electron chi connectivity index (χ2n) is 5.78. The van der Waals surface area contributed by atoms with Gasteiger partial charge in [-0.2, -0.15) is 0 Å². The van der Waals surface area contributed by atoms with Gasteiger partial charge in [0.15, 0.2) is 0 Å². The highest BCUT2D eigenvalue weighted by atomic mass is 79.9. The van der Waals surface area contributed by atoms with Gasteiger partial charge in [0.1, 0.15) is 16.2 Å². The normalized spacial score (nSPS) is 26.5. The summed E-state index contributed by atoms with van der Waals surface area (Å²) in [5.41, 5.74) is -0.588. The first-order valence-corrected chi connectivity index (χ1v) is 8.33. The highest BCUT2D eigenvalue weighted by molar-refractivity contribution is 9.10. The summed E-state index contributed by atoms with van der Waals surface area (Å²) in [5, 5.41) is 13.9. The van der Waals surface area contributed by atoms with Gasteiger partial charge in [0.05, 0.1) is 5.60 Å². The topological polar surface area (TPSA) is 58.0 Å². The van der Waals surface area contributed by atoms with Gasteiger partial charge < -0.3 is 10.4 Å². The van der Waals surface area contributed by atoms with Crippen LogP contribution in [0.5, 0.6) is 0 Å². The van der Waals surface area contributed by atoms with Crippen LogP contribution in [0.3, 0.4) is 0 Å². The van der Waals surface area contributed by atoms with Crippen LogP contribution in [-0.2, 0) is 6.42 Å². The summed E-state index contributed by atoms with van der Waals surface area (Å²) in [6, 6.07) is 1.86. The van der Waals surface area contributed by atoms with Crippen LogP contribution in [0.15, 0.2) is 10.7 Å². The van der Waals surface area contributed by atoms with E-state index in [2.05, 4.69) is 38.1 Å². The van der Waals surface area contributed by atoms with E-state index in [1.807, 2.05) is 13.0 Å². The molecule has 1 aromatic rings. The van der Waals surface area contributed by atoms with Gasteiger partial charge in [-0.3, -0.25) is 0 Å². The number of hydrogen-bond donors (Lipinski definition) is 2. The van der Waals surface area contributed by atoms with Crippen molar-refractivity contribution in [2.24, 2.45) is 5.92 Å². The van der Waals surface area contributed by atoms with Gasteiger partial charge in [0, 0.05) is 19.0 Å². The van der Waals surface area contributed by atoms with Gasteiger partial charge in [0.25, 0.3) is 0 Å². The molecule has 0 radical (unpaired) electrons. The second-order valence-corrected chi connectivity index (χ2v) is 6.59. The third-order valence-corrected chi connectivity index (χ3v) is 4.68. The average Bonchev–Trinajstić information content (AvgIpc) is 2.45. The van der Waals surface area contributed by atoms with Crippen LogP contribution in [0.4, 0.5) is 5.82 Å². The smallest absolute Gasteiger partial charge is 0.131 e. The summed E-state index contributed by atoms with van der Waals surface area (Å²) >= 11 is 3.40. The zero-order valence-electron chi connectivity index (χ0n) is 12.3. The van der Waals surface area contributed by atoms with Gasteiger partial charge in [-0.15, -0.1) is 0 Å². The summed E-state index contributed by atoms with van der Waals surface area (Å²) in [6.45, 7) is 4.83. The quantitative estimate of drug-likeness (QED) is 0.804. The molecule has 1 heterocycles. The first-order chi connectivity index (χ1) is 9.54. The van der Waals surface area contributed by atoms with E-state index in [4.69, 9.17) is 0 Å². The molecule has 0 amide bonds. The van der Waals surface area contributed by atoms with Gasteiger partial charge in [-0.1, -0.05) is 20.3 Å². The third-order valence-electron chi connectivity index (χ3n) is 4.27. The Morgan fingerprint density at radius 2 is 2.05 bits per heavy atom. The lowest BCUT2D eigenvalue weighted by molar-refractivity contribution is 0.00222. The van der Waals surface area contributed by atoms with Crippen molar-refractivity contribution < 1.29 is 5.11 Å². The van der Waals surface area contributed by atoms with Crippen molar-refractivity contribution >= 4 is 21.7 Å². The summed E-state index contributed by atoms with van der Waals surface area (Å²) in [4.78, 5) is 8.72. The number of hydrogen-bond acceptors (Lipinski definition) is 4. The minimum absolute atomic E-state index is 0.566. The van der Waals surface area contributed by atoms with Gasteiger partial charge in [0.2, 0.25) is 0 Å². The molecule has 1 aliphatic rings. The number of aromatic nitrogens is 2. The Morgan fingerprint density at radius 3 is 2.65 bits per heavy atom. The van der Waals surface area contributed by atoms with Crippen molar-refractivity contribution in [1.82, 2.24) is 9.97 Å². The monoisotopic (exact) mass is 341 g/mol. The molecule has 0 saturated heterocycles. The third kappa shape index (κ3) is 4.16. The molecular weight excluding hydrogens is 318 g/mol. The van der Waals surface area contributed by atoms with Crippen molar-refractivity contribution in [1.29, 1.82) is 0 Å². The van der Waals surface area contributed by atoms with E-state index in [0.29, 0.717) is 6.54 Å². The number of rotatable bonds is 5. The van der Waals surface area contributed by atoms with Crippen molar-refractivity contribution in [3.05, 3.63) is 16.5 Å². The van der Waals surface area contributed by atoms with E-state index in [1.165, 1.54) is 6.42 Å². The number of anilines is 1. The van der Waals surface area contributed by atoms with E-state index in [1.54, 1.807) is 0 Å². The molecule has 1 saturated carbocycles. The zero-order chi connectivity index (χ0) is 14.6. The Balaban J connectivity index is 1.93. The highest BCUT2D eigenvalue weighted by Crippen LogP contribution is 2.33. The molecule has 0 spiro atoms. The van der Waals surface area contributed by atoms with Gasteiger partial charge in [-0.05, 0) is 47.5 Å². The molecule has 0 aromatic carbocycles. The lowest BCUT2D eigenvalue weighted by Crippen LogP contribution is -2.40. The minimum Gasteiger partial charge on any atom is -0.388 e. The first kappa shape index (κ1) is 15.7. The molecule has 1 aromatic heterocycles. The van der Waals surface area contributed by atoms with E-state index in [-0.39, 0.29) is 0 Å². The highest BCUT2D eigenvalue weighted by Gasteiger charge is 2.32. The fourth-order valence-corrected chi connectivity index (χ4v) is 3.19. The van der Waals surface area contributed by atoms with Gasteiger partial charge >= 0.3 is 0 Å². The molecule has 0 atom stereocenters. The van der Waals surface area contributed by atoms with Crippen LogP contribution in [0, 0.1) is 5.92 Å². The predicted molar refractivity (Wildman–Crippen MR) is 84.8 cm³/mol. The van der Waals surface area contributed by atoms with Crippen molar-refractivity contribution in [3.8, 4) is 0 Å². The predicted octanol–water partition coefficient (Wildman–Crippen LogP) is 3.54. The lowest BCUT2D eigenvalue weighted by Gasteiger charge is -2.36. The fourth-order valence-electron chi connectivity index (χ4n) is 2.77. The number of nitrogens with one attached hydrogen (secondary N) is 1. The maximum absolute atomic E-state index is 10.6. The molecule has 2 N–H and O–H groups in total. The van der Waals surface area contributed by atoms with Crippen LogP contribution < -0.4 is 5.32 Å². The Labute approximate surface area is 129 Å². The maximum atomic E-state index is 10.6. The lowest BCUT2D eigenvalue weighted by atomic mass is 9.78. The summed E-state index contributed by atoms with van der Waals surface area (Å²) in [7, 11) is 0. The van der Waals surface area contributed by atoms with Crippen molar-refractivity contribution in [2.75, 3.05) is 11.9 Å². The molecule has 0 unspecified atom stereocenters. The van der Waals surface area contributed by atoms with Crippen molar-refractivity contribution in [2.45, 2.75) is 58.0 Å². The first-order valence-electron chi connectivity index (χ1n) is 7.54. The largest absolute Gasteiger partial charge is 0.388 e. The van der Waals surface area contributed by atoms with E-state index in [0.717, 1.165) is 54.3 Å². The average molecular weight is 342 g/mol. The minimum atomic E-state index is -0.588. The molecule has 1 aliphatic carbocycles. The Morgan fingerprint density at radius 1 is 1.35 bits per heavy atom. The Kier molecular flexibility index (Phi) is 5.38. The summed E-state index contributed by atoms with van der Waals surface area (Å²) in [6.07, 6.45) is 6.04. The number of halogens is 1. The van der Waals surface area contributed by atoms with Crippen molar-refractivity contribution in [3.63, 3.8) is 0 Å². The van der Waals surface area contributed by atoms with Crippen LogP contribution in [0.25, 0.3) is 0 Å². The van der Waals surface area contributed by atoms with Crippen LogP contribution in [0.1, 0.15) is 51.8 Å². The molecule has 2 rings (SSSR count). The van der Waals surface area contributed by atoms with E-state index in [9.17, 15) is 5.11 Å². The molecule has 1 fully saturated rings. The summed E-state index contributed by atoms with van der Waals surface area (Å²) < 4.78 is 0.786. The van der Waals surface area contributed by atoms with Gasteiger partial charge in [-0.25, -0.2) is 9.97 Å². The number of nitrogens with zero attached hydrogens (tertiary/aromatic N) is 2. The molecule has 20 heavy (non-hydrogen) atoms. The van der Waals surface area contributed by atoms with E-state index < -0.39 is 5.60 Å². The number of aliphatic hydroxyl groups is 1. The number of aryl methyl sites for hydroxylation is 1. The second kappa shape index (κ2) is 6.85. The molecular formula is C15H24BrN3O. The SMILES string of the molecule is CCc1nc(Br)cc(NCC2(O)CCC(CC)CC2)n1. The fraction of sp³-hybridized carbons (Fsp3) is 0.733. The van der Waals surface area contributed by atoms with Crippen LogP contribution in [-0.4, -0.2) is 27.2 Å². The molecule has 0 bridgehead atoms. The van der Waals surface area contributed by atoms with Crippen LogP contribution >= 0.6 is 15.9 Å². The molecule has 4 nitrogen and oxygen atoms in total. The van der Waals surface area contributed by atoms with Crippen LogP contribution in [0.2, 0.25) is 0 Å². The molecule has 0 aliphatic heterocycles.